The van der Waals surface area contributed by atoms with Crippen molar-refractivity contribution in [3.63, 3.8) is 0 Å². The molecule has 0 radical (unpaired) electrons. The summed E-state index contributed by atoms with van der Waals surface area (Å²) in [6.07, 6.45) is 9.08. The molecule has 12 nitrogen and oxygen atoms in total. The van der Waals surface area contributed by atoms with Gasteiger partial charge in [-0.15, -0.1) is 0 Å². The van der Waals surface area contributed by atoms with E-state index in [0.717, 1.165) is 77.1 Å². The Bertz CT molecular complexity index is 2170. The summed E-state index contributed by atoms with van der Waals surface area (Å²) in [4.78, 5) is 53.8. The number of likely N-dealkylation sites (tertiary alicyclic amines) is 1. The van der Waals surface area contributed by atoms with Gasteiger partial charge in [-0.05, 0) is 74.9 Å². The Kier molecular flexibility index (Phi) is 9.39. The van der Waals surface area contributed by atoms with Gasteiger partial charge in [0.1, 0.15) is 18.6 Å². The number of pyridine rings is 1. The number of imidazole rings is 1. The first-order chi connectivity index (χ1) is 26.1. The third kappa shape index (κ3) is 5.99. The van der Waals surface area contributed by atoms with Crippen LogP contribution in [0, 0.1) is 6.92 Å². The fourth-order valence-electron chi connectivity index (χ4n) is 8.97. The van der Waals surface area contributed by atoms with Crippen LogP contribution < -0.4 is 15.5 Å². The number of rotatable bonds is 7. The zero-order valence-electron chi connectivity index (χ0n) is 32.1. The van der Waals surface area contributed by atoms with Crippen LogP contribution in [0.15, 0.2) is 48.8 Å². The maximum absolute atomic E-state index is 14.8. The van der Waals surface area contributed by atoms with E-state index in [2.05, 4.69) is 56.7 Å². The van der Waals surface area contributed by atoms with E-state index in [9.17, 15) is 14.4 Å². The Morgan fingerprint density at radius 2 is 1.81 bits per heavy atom. The van der Waals surface area contributed by atoms with Crippen molar-refractivity contribution in [2.75, 3.05) is 50.6 Å². The molecule has 3 aliphatic heterocycles. The SMILES string of the molecule is CC[C@H](C)n1cnc2cc(-c3ccc4c(c3)N(C3CC(=[N+]5CCCCC5)C3)C(=O)C43CCN(C(=O)OC)CC3)nc(Nc3ccc(C)c(C(=O)NC)c3)c21. The molecule has 54 heavy (non-hydrogen) atoms. The lowest BCUT2D eigenvalue weighted by molar-refractivity contribution is -0.541. The molecule has 3 fully saturated rings. The molecule has 2 saturated heterocycles. The van der Waals surface area contributed by atoms with Crippen molar-refractivity contribution < 1.29 is 23.7 Å². The lowest BCUT2D eigenvalue weighted by Gasteiger charge is -2.40. The molecule has 282 valence electrons. The average molecular weight is 732 g/mol. The third-order valence-corrected chi connectivity index (χ3v) is 12.4. The maximum atomic E-state index is 14.8. The van der Waals surface area contributed by atoms with Gasteiger partial charge >= 0.3 is 6.09 Å². The van der Waals surface area contributed by atoms with Crippen LogP contribution in [0.4, 0.5) is 22.0 Å². The molecule has 1 spiro atoms. The van der Waals surface area contributed by atoms with E-state index in [4.69, 9.17) is 14.7 Å². The second-order valence-corrected chi connectivity index (χ2v) is 15.5. The second kappa shape index (κ2) is 14.2. The van der Waals surface area contributed by atoms with Crippen LogP contribution in [-0.4, -0.2) is 94.0 Å². The van der Waals surface area contributed by atoms with E-state index in [-0.39, 0.29) is 30.0 Å². The number of aromatic nitrogens is 3. The van der Waals surface area contributed by atoms with Crippen molar-refractivity contribution in [1.29, 1.82) is 0 Å². The van der Waals surface area contributed by atoms with E-state index < -0.39 is 5.41 Å². The number of nitrogens with zero attached hydrogens (tertiary/aromatic N) is 6. The highest BCUT2D eigenvalue weighted by Crippen LogP contribution is 2.51. The lowest BCUT2D eigenvalue weighted by atomic mass is 9.73. The Morgan fingerprint density at radius 1 is 1.06 bits per heavy atom. The summed E-state index contributed by atoms with van der Waals surface area (Å²) in [5.41, 5.74) is 8.31. The number of hydrogen-bond acceptors (Lipinski definition) is 7. The number of amides is 3. The Morgan fingerprint density at radius 3 is 2.52 bits per heavy atom. The summed E-state index contributed by atoms with van der Waals surface area (Å²) in [7, 11) is 3.04. The highest BCUT2D eigenvalue weighted by molar-refractivity contribution is 6.11. The molecular formula is C42H51N8O4+. The highest BCUT2D eigenvalue weighted by Gasteiger charge is 2.56. The summed E-state index contributed by atoms with van der Waals surface area (Å²) in [5, 5.41) is 6.29. The van der Waals surface area contributed by atoms with Crippen LogP contribution in [-0.2, 0) is 14.9 Å². The summed E-state index contributed by atoms with van der Waals surface area (Å²) in [6.45, 7) is 9.40. The molecule has 2 aromatic carbocycles. The largest absolute Gasteiger partial charge is 0.453 e. The number of ether oxygens (including phenoxy) is 1. The van der Waals surface area contributed by atoms with Crippen molar-refractivity contribution in [2.24, 2.45) is 0 Å². The van der Waals surface area contributed by atoms with Gasteiger partial charge in [0.05, 0.1) is 36.1 Å². The normalized spacial score (nSPS) is 19.9. The number of methoxy groups -OCH3 is 1. The number of piperidine rings is 2. The maximum Gasteiger partial charge on any atom is 0.409 e. The van der Waals surface area contributed by atoms with Crippen LogP contribution in [0.3, 0.4) is 0 Å². The second-order valence-electron chi connectivity index (χ2n) is 15.5. The minimum absolute atomic E-state index is 0.0939. The van der Waals surface area contributed by atoms with E-state index >= 15 is 0 Å². The number of carbonyl (C=O) groups excluding carboxylic acids is 3. The molecule has 8 rings (SSSR count). The number of fused-ring (bicyclic) bond motifs is 3. The smallest absolute Gasteiger partial charge is 0.409 e. The summed E-state index contributed by atoms with van der Waals surface area (Å²) >= 11 is 0. The Balaban J connectivity index is 1.21. The zero-order chi connectivity index (χ0) is 37.7. The van der Waals surface area contributed by atoms with Gasteiger partial charge in [0, 0.05) is 74.4 Å². The molecule has 3 amide bonds. The third-order valence-electron chi connectivity index (χ3n) is 12.4. The fourth-order valence-corrected chi connectivity index (χ4v) is 8.97. The Labute approximate surface area is 316 Å². The van der Waals surface area contributed by atoms with Crippen LogP contribution in [0.1, 0.15) is 92.7 Å². The number of carbonyl (C=O) groups is 3. The lowest BCUT2D eigenvalue weighted by Crippen LogP contribution is -2.55. The molecule has 2 N–H and O–H groups in total. The highest BCUT2D eigenvalue weighted by atomic mass is 16.5. The van der Waals surface area contributed by atoms with Crippen molar-refractivity contribution in [1.82, 2.24) is 24.8 Å². The number of aryl methyl sites for hydroxylation is 1. The minimum atomic E-state index is -0.688. The van der Waals surface area contributed by atoms with Crippen molar-refractivity contribution in [3.05, 3.63) is 65.5 Å². The van der Waals surface area contributed by atoms with Crippen molar-refractivity contribution in [2.45, 2.75) is 89.6 Å². The van der Waals surface area contributed by atoms with Crippen LogP contribution in [0.2, 0.25) is 0 Å². The van der Waals surface area contributed by atoms with Gasteiger partial charge in [0.25, 0.3) is 5.91 Å². The standard InChI is InChI=1S/C42H50N8O4/c1-6-27(3)49-25-44-35-24-34(46-38(37(35)49)45-29-12-10-26(2)32(21-29)39(51)43-4)28-11-13-33-36(20-28)50(31-22-30(23-31)47-16-8-7-9-17-47)40(52)42(33)14-18-48(19-15-42)41(53)54-5/h10-13,20-21,24-25,27,31H,6-9,14-19,22-23H2,1-5H3,(H-,43,45,46,51)/p+1/t27-/m0/s1. The molecule has 4 aliphatic rings. The van der Waals surface area contributed by atoms with Crippen LogP contribution >= 0.6 is 0 Å². The predicted molar refractivity (Wildman–Crippen MR) is 210 cm³/mol. The molecule has 1 saturated carbocycles. The summed E-state index contributed by atoms with van der Waals surface area (Å²) in [5.74, 6) is 0.642. The van der Waals surface area contributed by atoms with Gasteiger partial charge in [0.2, 0.25) is 5.91 Å². The summed E-state index contributed by atoms with van der Waals surface area (Å²) < 4.78 is 9.73. The zero-order valence-corrected chi connectivity index (χ0v) is 32.1. The molecule has 1 atom stereocenters. The van der Waals surface area contributed by atoms with Crippen LogP contribution in [0.5, 0.6) is 0 Å². The van der Waals surface area contributed by atoms with Gasteiger partial charge in [0.15, 0.2) is 11.5 Å². The van der Waals surface area contributed by atoms with Gasteiger partial charge in [-0.2, -0.15) is 0 Å². The molecule has 0 bridgehead atoms. The van der Waals surface area contributed by atoms with E-state index in [1.807, 2.05) is 37.5 Å². The Hall–Kier alpha value is -5.26. The number of hydrogen-bond donors (Lipinski definition) is 2. The molecule has 12 heteroatoms. The number of anilines is 3. The van der Waals surface area contributed by atoms with E-state index in [0.29, 0.717) is 37.3 Å². The molecule has 0 unspecified atom stereocenters. The average Bonchev–Trinajstić information content (AvgIpc) is 3.72. The molecule has 5 heterocycles. The molecular weight excluding hydrogens is 681 g/mol. The summed E-state index contributed by atoms with van der Waals surface area (Å²) in [6, 6.07) is 14.4. The van der Waals surface area contributed by atoms with Crippen LogP contribution in [0.25, 0.3) is 22.3 Å². The molecule has 2 aromatic heterocycles. The quantitative estimate of drug-likeness (QED) is 0.202. The van der Waals surface area contributed by atoms with E-state index in [1.165, 1.54) is 32.1 Å². The first kappa shape index (κ1) is 35.8. The minimum Gasteiger partial charge on any atom is -0.453 e. The van der Waals surface area contributed by atoms with Gasteiger partial charge in [-0.25, -0.2) is 19.3 Å². The van der Waals surface area contributed by atoms with Gasteiger partial charge < -0.3 is 29.7 Å². The van der Waals surface area contributed by atoms with Crippen molar-refractivity contribution >= 4 is 51.8 Å². The van der Waals surface area contributed by atoms with Gasteiger partial charge in [-0.1, -0.05) is 25.1 Å². The fraction of sp³-hybridized carbons (Fsp3) is 0.476. The first-order valence-electron chi connectivity index (χ1n) is 19.5. The van der Waals surface area contributed by atoms with Gasteiger partial charge in [-0.3, -0.25) is 9.59 Å². The number of benzene rings is 2. The molecule has 4 aromatic rings. The molecule has 1 aliphatic carbocycles. The first-order valence-corrected chi connectivity index (χ1v) is 19.5. The van der Waals surface area contributed by atoms with E-state index in [1.54, 1.807) is 11.9 Å². The van der Waals surface area contributed by atoms with Crippen molar-refractivity contribution in [3.8, 4) is 11.3 Å². The predicted octanol–water partition coefficient (Wildman–Crippen LogP) is 6.73. The number of nitrogens with one attached hydrogen (secondary N) is 2. The topological polar surface area (TPSA) is 125 Å². The monoisotopic (exact) mass is 731 g/mol.